The standard InChI is InChI=1S/C17H17N5O3/c1-17(24)9-22(10-17)16(23)14-8-25-15(21-14)4-13-3-2-11(5-18-13)12-6-19-20-7-12/h2-3,5-8,24H,4,9-10H2,1H3,(H,19,20). The summed E-state index contributed by atoms with van der Waals surface area (Å²) in [7, 11) is 0. The first-order valence-electron chi connectivity index (χ1n) is 7.90. The van der Waals surface area contributed by atoms with Crippen LogP contribution in [0.2, 0.25) is 0 Å². The lowest BCUT2D eigenvalue weighted by Crippen LogP contribution is -2.61. The Labute approximate surface area is 143 Å². The van der Waals surface area contributed by atoms with Crippen molar-refractivity contribution in [3.05, 3.63) is 54.3 Å². The normalized spacial score (nSPS) is 15.8. The molecule has 0 saturated carbocycles. The number of oxazole rings is 1. The van der Waals surface area contributed by atoms with Crippen molar-refractivity contribution in [2.24, 2.45) is 0 Å². The number of rotatable bonds is 4. The van der Waals surface area contributed by atoms with Gasteiger partial charge in [0.25, 0.3) is 5.91 Å². The quantitative estimate of drug-likeness (QED) is 0.741. The Morgan fingerprint density at radius 2 is 2.20 bits per heavy atom. The first-order valence-corrected chi connectivity index (χ1v) is 7.90. The van der Waals surface area contributed by atoms with Crippen molar-refractivity contribution < 1.29 is 14.3 Å². The number of nitrogens with one attached hydrogen (secondary N) is 1. The third kappa shape index (κ3) is 3.16. The molecule has 25 heavy (non-hydrogen) atoms. The summed E-state index contributed by atoms with van der Waals surface area (Å²) in [6.45, 7) is 2.32. The Balaban J connectivity index is 1.42. The van der Waals surface area contributed by atoms with E-state index in [0.29, 0.717) is 25.4 Å². The van der Waals surface area contributed by atoms with Crippen molar-refractivity contribution in [2.45, 2.75) is 18.9 Å². The highest BCUT2D eigenvalue weighted by atomic mass is 16.3. The maximum atomic E-state index is 12.2. The van der Waals surface area contributed by atoms with Crippen LogP contribution in [0.25, 0.3) is 11.1 Å². The van der Waals surface area contributed by atoms with Crippen molar-refractivity contribution in [2.75, 3.05) is 13.1 Å². The zero-order valence-corrected chi connectivity index (χ0v) is 13.6. The highest BCUT2D eigenvalue weighted by Gasteiger charge is 2.40. The van der Waals surface area contributed by atoms with Crippen LogP contribution in [0.4, 0.5) is 0 Å². The molecule has 4 rings (SSSR count). The predicted octanol–water partition coefficient (Wildman–Crippen LogP) is 1.26. The van der Waals surface area contributed by atoms with Gasteiger partial charge in [0.1, 0.15) is 6.26 Å². The zero-order chi connectivity index (χ0) is 17.4. The average molecular weight is 339 g/mol. The summed E-state index contributed by atoms with van der Waals surface area (Å²) in [6.07, 6.45) is 7.05. The van der Waals surface area contributed by atoms with E-state index in [1.807, 2.05) is 12.1 Å². The predicted molar refractivity (Wildman–Crippen MR) is 87.7 cm³/mol. The summed E-state index contributed by atoms with van der Waals surface area (Å²) < 4.78 is 5.39. The molecule has 3 aromatic rings. The van der Waals surface area contributed by atoms with Crippen LogP contribution in [-0.2, 0) is 6.42 Å². The lowest BCUT2D eigenvalue weighted by molar-refractivity contribution is -0.0670. The van der Waals surface area contributed by atoms with Gasteiger partial charge in [-0.3, -0.25) is 14.9 Å². The first-order chi connectivity index (χ1) is 12.0. The van der Waals surface area contributed by atoms with E-state index >= 15 is 0 Å². The van der Waals surface area contributed by atoms with Crippen molar-refractivity contribution in [3.63, 3.8) is 0 Å². The van der Waals surface area contributed by atoms with Crippen LogP contribution >= 0.6 is 0 Å². The highest BCUT2D eigenvalue weighted by Crippen LogP contribution is 2.22. The summed E-state index contributed by atoms with van der Waals surface area (Å²) in [5.41, 5.74) is 2.17. The minimum Gasteiger partial charge on any atom is -0.448 e. The molecule has 3 aromatic heterocycles. The number of carbonyl (C=O) groups excluding carboxylic acids is 1. The largest absolute Gasteiger partial charge is 0.448 e. The summed E-state index contributed by atoms with van der Waals surface area (Å²) in [5.74, 6) is 0.198. The van der Waals surface area contributed by atoms with Gasteiger partial charge < -0.3 is 14.4 Å². The molecule has 4 heterocycles. The van der Waals surface area contributed by atoms with E-state index < -0.39 is 5.60 Å². The van der Waals surface area contributed by atoms with E-state index in [0.717, 1.165) is 16.8 Å². The Morgan fingerprint density at radius 3 is 2.84 bits per heavy atom. The molecule has 128 valence electrons. The number of H-pyrrole nitrogens is 1. The molecule has 0 bridgehead atoms. The van der Waals surface area contributed by atoms with Crippen LogP contribution in [0, 0.1) is 0 Å². The Morgan fingerprint density at radius 1 is 1.36 bits per heavy atom. The van der Waals surface area contributed by atoms with Crippen LogP contribution < -0.4 is 0 Å². The van der Waals surface area contributed by atoms with E-state index in [2.05, 4.69) is 20.2 Å². The van der Waals surface area contributed by atoms with Crippen LogP contribution in [0.3, 0.4) is 0 Å². The molecule has 0 radical (unpaired) electrons. The van der Waals surface area contributed by atoms with Crippen LogP contribution in [0.1, 0.15) is 29.0 Å². The lowest BCUT2D eigenvalue weighted by Gasteiger charge is -2.43. The molecule has 2 N–H and O–H groups in total. The number of hydrogen-bond acceptors (Lipinski definition) is 6. The molecule has 8 nitrogen and oxygen atoms in total. The maximum absolute atomic E-state index is 12.2. The number of hydrogen-bond donors (Lipinski definition) is 2. The molecule has 1 fully saturated rings. The van der Waals surface area contributed by atoms with Gasteiger partial charge in [0, 0.05) is 29.2 Å². The van der Waals surface area contributed by atoms with E-state index in [1.54, 1.807) is 30.4 Å². The van der Waals surface area contributed by atoms with Crippen molar-refractivity contribution in [1.82, 2.24) is 25.1 Å². The molecule has 1 amide bonds. The SMILES string of the molecule is CC1(O)CN(C(=O)c2coc(Cc3ccc(-c4cn[nH]c4)cn3)n2)C1. The topological polar surface area (TPSA) is 108 Å². The van der Waals surface area contributed by atoms with Gasteiger partial charge in [-0.1, -0.05) is 6.07 Å². The van der Waals surface area contributed by atoms with E-state index in [9.17, 15) is 9.90 Å². The van der Waals surface area contributed by atoms with Crippen LogP contribution in [0.5, 0.6) is 0 Å². The molecule has 0 atom stereocenters. The van der Waals surface area contributed by atoms with Gasteiger partial charge in [-0.25, -0.2) is 4.98 Å². The fourth-order valence-electron chi connectivity index (χ4n) is 2.84. The van der Waals surface area contributed by atoms with E-state index in [1.165, 1.54) is 6.26 Å². The number of aromatic amines is 1. The molecule has 8 heteroatoms. The van der Waals surface area contributed by atoms with Gasteiger partial charge in [-0.2, -0.15) is 5.10 Å². The number of aliphatic hydroxyl groups is 1. The van der Waals surface area contributed by atoms with Gasteiger partial charge in [0.05, 0.1) is 31.3 Å². The van der Waals surface area contributed by atoms with Crippen molar-refractivity contribution in [3.8, 4) is 11.1 Å². The van der Waals surface area contributed by atoms with Gasteiger partial charge in [0.2, 0.25) is 5.89 Å². The second kappa shape index (κ2) is 5.82. The first kappa shape index (κ1) is 15.5. The molecular formula is C17H17N5O3. The summed E-state index contributed by atoms with van der Waals surface area (Å²) in [6, 6.07) is 3.84. The summed E-state index contributed by atoms with van der Waals surface area (Å²) in [5, 5.41) is 16.4. The third-order valence-corrected chi connectivity index (χ3v) is 4.11. The van der Waals surface area contributed by atoms with E-state index in [4.69, 9.17) is 4.42 Å². The number of carbonyl (C=O) groups is 1. The monoisotopic (exact) mass is 339 g/mol. The van der Waals surface area contributed by atoms with Gasteiger partial charge in [0.15, 0.2) is 5.69 Å². The Kier molecular flexibility index (Phi) is 3.61. The smallest absolute Gasteiger partial charge is 0.276 e. The minimum absolute atomic E-state index is 0.232. The molecule has 0 spiro atoms. The van der Waals surface area contributed by atoms with Gasteiger partial charge >= 0.3 is 0 Å². The van der Waals surface area contributed by atoms with Gasteiger partial charge in [-0.05, 0) is 13.0 Å². The number of likely N-dealkylation sites (tertiary alicyclic amines) is 1. The molecule has 0 aliphatic carbocycles. The number of nitrogens with zero attached hydrogens (tertiary/aromatic N) is 4. The lowest BCUT2D eigenvalue weighted by atomic mass is 9.97. The number of amides is 1. The Hall–Kier alpha value is -3.00. The van der Waals surface area contributed by atoms with Crippen molar-refractivity contribution in [1.29, 1.82) is 0 Å². The fraction of sp³-hybridized carbons (Fsp3) is 0.294. The van der Waals surface area contributed by atoms with Crippen LogP contribution in [-0.4, -0.2) is 54.8 Å². The molecule has 1 saturated heterocycles. The van der Waals surface area contributed by atoms with Gasteiger partial charge in [-0.15, -0.1) is 0 Å². The minimum atomic E-state index is -0.803. The summed E-state index contributed by atoms with van der Waals surface area (Å²) >= 11 is 0. The average Bonchev–Trinajstić information content (AvgIpc) is 3.24. The van der Waals surface area contributed by atoms with Crippen molar-refractivity contribution >= 4 is 5.91 Å². The molecular weight excluding hydrogens is 322 g/mol. The Bertz CT molecular complexity index is 875. The molecule has 1 aliphatic rings. The second-order valence-electron chi connectivity index (χ2n) is 6.49. The summed E-state index contributed by atoms with van der Waals surface area (Å²) in [4.78, 5) is 22.4. The second-order valence-corrected chi connectivity index (χ2v) is 6.49. The van der Waals surface area contributed by atoms with E-state index in [-0.39, 0.29) is 11.6 Å². The molecule has 1 aliphatic heterocycles. The zero-order valence-electron chi connectivity index (χ0n) is 13.6. The van der Waals surface area contributed by atoms with Crippen LogP contribution in [0.15, 0.2) is 41.4 Å². The number of β-amino-alcohol motifs (C(OH)–C–C–N with tert-alkyl or cyclic N) is 1. The highest BCUT2D eigenvalue weighted by molar-refractivity contribution is 5.92. The number of aromatic nitrogens is 4. The fourth-order valence-corrected chi connectivity index (χ4v) is 2.84. The molecule has 0 aromatic carbocycles. The number of pyridine rings is 1. The maximum Gasteiger partial charge on any atom is 0.276 e. The molecule has 0 unspecified atom stereocenters. The third-order valence-electron chi connectivity index (χ3n) is 4.11.